The highest BCUT2D eigenvalue weighted by Crippen LogP contribution is 2.62. The monoisotopic (exact) mass is 419 g/mol. The average Bonchev–Trinajstić information content (AvgIpc) is 2.89. The smallest absolute Gasteiger partial charge is 0.249 e. The summed E-state index contributed by atoms with van der Waals surface area (Å²) in [5.74, 6) is 0.997. The van der Waals surface area contributed by atoms with Gasteiger partial charge in [-0.05, 0) is 49.7 Å². The summed E-state index contributed by atoms with van der Waals surface area (Å²) in [6.45, 7) is 2.84. The van der Waals surface area contributed by atoms with E-state index in [1.807, 2.05) is 0 Å². The minimum atomic E-state index is -0.0664. The van der Waals surface area contributed by atoms with Gasteiger partial charge in [-0.1, -0.05) is 79.7 Å². The van der Waals surface area contributed by atoms with Crippen molar-refractivity contribution in [2.75, 3.05) is 13.7 Å². The van der Waals surface area contributed by atoms with Gasteiger partial charge < -0.3 is 0 Å². The zero-order valence-electron chi connectivity index (χ0n) is 18.3. The second kappa shape index (κ2) is 6.43. The number of rotatable bonds is 0. The van der Waals surface area contributed by atoms with Crippen molar-refractivity contribution in [2.24, 2.45) is 11.8 Å². The highest BCUT2D eigenvalue weighted by molar-refractivity contribution is 5.89. The van der Waals surface area contributed by atoms with Crippen LogP contribution in [-0.2, 0) is 9.63 Å². The molecule has 0 aromatic heterocycles. The number of nitrogens with zero attached hydrogens (tertiary/aromatic N) is 1. The van der Waals surface area contributed by atoms with E-state index >= 15 is 0 Å². The van der Waals surface area contributed by atoms with Crippen molar-refractivity contribution in [1.82, 2.24) is 5.06 Å². The molecule has 3 heteroatoms. The third-order valence-corrected chi connectivity index (χ3v) is 8.30. The Balaban J connectivity index is 1.52. The number of benzene rings is 4. The summed E-state index contributed by atoms with van der Waals surface area (Å²) in [6, 6.07) is 26.7. The predicted molar refractivity (Wildman–Crippen MR) is 127 cm³/mol. The van der Waals surface area contributed by atoms with E-state index < -0.39 is 0 Å². The Kier molecular flexibility index (Phi) is 3.70. The van der Waals surface area contributed by atoms with Gasteiger partial charge in [0.15, 0.2) is 0 Å². The zero-order valence-corrected chi connectivity index (χ0v) is 18.3. The molecule has 2 aliphatic carbocycles. The molecule has 1 amide bonds. The van der Waals surface area contributed by atoms with Gasteiger partial charge in [0.05, 0.1) is 12.5 Å². The van der Waals surface area contributed by atoms with E-state index in [4.69, 9.17) is 4.84 Å². The highest BCUT2D eigenvalue weighted by atomic mass is 16.7. The standard InChI is InChI=1S/C29H25NO2/c1-16-21-11-17-7-3-4-8-18(17)12-22(21)27-23-13-19-9-5-6-10-20(19)14-24(23)28(27)25-15-32-30(2)29(31)26(16)25/h3-14,16,25-28H,15H2,1-2H3. The van der Waals surface area contributed by atoms with Gasteiger partial charge in [0.25, 0.3) is 0 Å². The molecule has 4 aromatic rings. The van der Waals surface area contributed by atoms with Crippen LogP contribution in [0.4, 0.5) is 0 Å². The van der Waals surface area contributed by atoms with Crippen molar-refractivity contribution in [3.63, 3.8) is 0 Å². The van der Waals surface area contributed by atoms with Crippen LogP contribution in [0.5, 0.6) is 0 Å². The Morgan fingerprint density at radius 1 is 0.750 bits per heavy atom. The van der Waals surface area contributed by atoms with Crippen LogP contribution in [0.25, 0.3) is 21.5 Å². The molecule has 0 N–H and O–H groups in total. The molecular weight excluding hydrogens is 394 g/mol. The quantitative estimate of drug-likeness (QED) is 0.351. The van der Waals surface area contributed by atoms with E-state index in [9.17, 15) is 4.79 Å². The number of hydrogen-bond donors (Lipinski definition) is 0. The summed E-state index contributed by atoms with van der Waals surface area (Å²) >= 11 is 0. The van der Waals surface area contributed by atoms with E-state index in [1.165, 1.54) is 48.9 Å². The van der Waals surface area contributed by atoms with Gasteiger partial charge in [-0.25, -0.2) is 5.06 Å². The van der Waals surface area contributed by atoms with Crippen molar-refractivity contribution >= 4 is 27.5 Å². The van der Waals surface area contributed by atoms with Crippen LogP contribution in [0.2, 0.25) is 0 Å². The zero-order chi connectivity index (χ0) is 21.6. The SMILES string of the molecule is CC1c2cc3ccccc3cc2C2c3cc4ccccc4cc3C2C2CON(C)C(=O)C12. The summed E-state index contributed by atoms with van der Waals surface area (Å²) in [6.07, 6.45) is 0. The molecule has 4 aromatic carbocycles. The van der Waals surface area contributed by atoms with Crippen LogP contribution in [0.3, 0.4) is 0 Å². The molecule has 1 heterocycles. The summed E-state index contributed by atoms with van der Waals surface area (Å²) in [4.78, 5) is 19.3. The molecule has 1 saturated heterocycles. The van der Waals surface area contributed by atoms with Crippen molar-refractivity contribution in [3.05, 3.63) is 95.1 Å². The summed E-state index contributed by atoms with van der Waals surface area (Å²) in [5, 5.41) is 6.56. The first-order valence-electron chi connectivity index (χ1n) is 11.6. The molecule has 0 bridgehead atoms. The number of hydroxylamine groups is 2. The van der Waals surface area contributed by atoms with Gasteiger partial charge in [0, 0.05) is 24.8 Å². The molecular formula is C29H25NO2. The third-order valence-electron chi connectivity index (χ3n) is 8.30. The number of fused-ring (bicyclic) bond motifs is 10. The van der Waals surface area contributed by atoms with E-state index in [0.717, 1.165) is 0 Å². The molecule has 3 aliphatic rings. The first-order chi connectivity index (χ1) is 15.6. The molecule has 0 radical (unpaired) electrons. The highest BCUT2D eigenvalue weighted by Gasteiger charge is 2.54. The molecule has 5 unspecified atom stereocenters. The second-order valence-electron chi connectivity index (χ2n) is 9.77. The fraction of sp³-hybridized carbons (Fsp3) is 0.276. The third kappa shape index (κ3) is 2.32. The lowest BCUT2D eigenvalue weighted by Crippen LogP contribution is -2.49. The van der Waals surface area contributed by atoms with Crippen molar-refractivity contribution in [1.29, 1.82) is 0 Å². The summed E-state index contributed by atoms with van der Waals surface area (Å²) < 4.78 is 0. The van der Waals surface area contributed by atoms with E-state index in [0.29, 0.717) is 18.4 Å². The van der Waals surface area contributed by atoms with Crippen molar-refractivity contribution < 1.29 is 9.63 Å². The molecule has 32 heavy (non-hydrogen) atoms. The second-order valence-corrected chi connectivity index (χ2v) is 9.77. The Morgan fingerprint density at radius 3 is 1.84 bits per heavy atom. The van der Waals surface area contributed by atoms with Crippen LogP contribution >= 0.6 is 0 Å². The van der Waals surface area contributed by atoms with E-state index in [-0.39, 0.29) is 23.7 Å². The van der Waals surface area contributed by atoms with Gasteiger partial charge in [0.2, 0.25) is 5.91 Å². The number of carbonyl (C=O) groups is 1. The van der Waals surface area contributed by atoms with Crippen LogP contribution in [0.1, 0.15) is 46.9 Å². The lowest BCUT2D eigenvalue weighted by Gasteiger charge is -2.47. The normalized spacial score (nSPS) is 28.4. The lowest BCUT2D eigenvalue weighted by atomic mass is 9.58. The van der Waals surface area contributed by atoms with Gasteiger partial charge in [-0.15, -0.1) is 0 Å². The first kappa shape index (κ1) is 18.4. The molecule has 3 nitrogen and oxygen atoms in total. The van der Waals surface area contributed by atoms with Crippen LogP contribution < -0.4 is 0 Å². The largest absolute Gasteiger partial charge is 0.272 e. The minimum Gasteiger partial charge on any atom is -0.272 e. The maximum absolute atomic E-state index is 13.4. The number of carbonyl (C=O) groups excluding carboxylic acids is 1. The first-order valence-corrected chi connectivity index (χ1v) is 11.6. The molecule has 0 spiro atoms. The molecule has 1 aliphatic heterocycles. The minimum absolute atomic E-state index is 0.0664. The Morgan fingerprint density at radius 2 is 1.25 bits per heavy atom. The average molecular weight is 420 g/mol. The van der Waals surface area contributed by atoms with Crippen LogP contribution in [0, 0.1) is 11.8 Å². The van der Waals surface area contributed by atoms with Crippen molar-refractivity contribution in [3.8, 4) is 0 Å². The van der Waals surface area contributed by atoms with Gasteiger partial charge in [-0.3, -0.25) is 9.63 Å². The predicted octanol–water partition coefficient (Wildman–Crippen LogP) is 5.98. The Hall–Kier alpha value is -3.17. The van der Waals surface area contributed by atoms with Gasteiger partial charge >= 0.3 is 0 Å². The molecule has 158 valence electrons. The molecule has 0 saturated carbocycles. The maximum atomic E-state index is 13.4. The van der Waals surface area contributed by atoms with Gasteiger partial charge in [0.1, 0.15) is 0 Å². The number of hydrogen-bond acceptors (Lipinski definition) is 2. The number of amides is 1. The topological polar surface area (TPSA) is 29.5 Å². The summed E-state index contributed by atoms with van der Waals surface area (Å²) in [7, 11) is 1.76. The van der Waals surface area contributed by atoms with Crippen molar-refractivity contribution in [2.45, 2.75) is 24.7 Å². The fourth-order valence-electron chi connectivity index (χ4n) is 6.75. The molecule has 1 fully saturated rings. The lowest BCUT2D eigenvalue weighted by molar-refractivity contribution is -0.212. The summed E-state index contributed by atoms with van der Waals surface area (Å²) in [5.41, 5.74) is 5.55. The Bertz CT molecular complexity index is 1420. The Labute approximate surface area is 187 Å². The van der Waals surface area contributed by atoms with E-state index in [1.54, 1.807) is 7.05 Å². The van der Waals surface area contributed by atoms with E-state index in [2.05, 4.69) is 79.7 Å². The van der Waals surface area contributed by atoms with Gasteiger partial charge in [-0.2, -0.15) is 0 Å². The molecule has 7 rings (SSSR count). The van der Waals surface area contributed by atoms with Crippen LogP contribution in [0.15, 0.2) is 72.8 Å². The maximum Gasteiger partial charge on any atom is 0.249 e. The fourth-order valence-corrected chi connectivity index (χ4v) is 6.75. The van der Waals surface area contributed by atoms with Crippen LogP contribution in [-0.4, -0.2) is 24.6 Å². The molecule has 5 atom stereocenters.